The number of ketones is 1. The fourth-order valence-electron chi connectivity index (χ4n) is 2.13. The Bertz CT molecular complexity index is 635. The molecule has 1 aromatic carbocycles. The molecule has 106 valence electrons. The van der Waals surface area contributed by atoms with Crippen molar-refractivity contribution < 1.29 is 9.53 Å². The summed E-state index contributed by atoms with van der Waals surface area (Å²) in [7, 11) is 3.43. The molecule has 0 unspecified atom stereocenters. The van der Waals surface area contributed by atoms with Gasteiger partial charge in [-0.15, -0.1) is 0 Å². The van der Waals surface area contributed by atoms with Crippen molar-refractivity contribution in [2.75, 3.05) is 7.11 Å². The molecule has 5 heteroatoms. The Hall–Kier alpha value is -1.62. The Labute approximate surface area is 126 Å². The lowest BCUT2D eigenvalue weighted by Crippen LogP contribution is -2.09. The highest BCUT2D eigenvalue weighted by Gasteiger charge is 2.18. The molecule has 0 radical (unpaired) electrons. The summed E-state index contributed by atoms with van der Waals surface area (Å²) >= 11 is 3.53. The van der Waals surface area contributed by atoms with Crippen molar-refractivity contribution in [3.63, 3.8) is 0 Å². The summed E-state index contributed by atoms with van der Waals surface area (Å²) in [5.41, 5.74) is 2.45. The number of carbonyl (C=O) groups is 1. The van der Waals surface area contributed by atoms with Crippen LogP contribution in [0.25, 0.3) is 0 Å². The first kappa shape index (κ1) is 14.8. The Kier molecular flexibility index (Phi) is 4.60. The minimum atomic E-state index is 0.0220. The maximum atomic E-state index is 12.5. The van der Waals surface area contributed by atoms with Gasteiger partial charge in [-0.3, -0.25) is 9.48 Å². The topological polar surface area (TPSA) is 44.1 Å². The van der Waals surface area contributed by atoms with Gasteiger partial charge < -0.3 is 4.74 Å². The summed E-state index contributed by atoms with van der Waals surface area (Å²) in [6.45, 7) is 2.04. The fourth-order valence-corrected chi connectivity index (χ4v) is 2.89. The van der Waals surface area contributed by atoms with E-state index in [1.165, 1.54) is 0 Å². The van der Waals surface area contributed by atoms with Crippen LogP contribution >= 0.6 is 15.9 Å². The van der Waals surface area contributed by atoms with Gasteiger partial charge in [-0.05, 0) is 34.5 Å². The molecule has 0 saturated heterocycles. The van der Waals surface area contributed by atoms with Gasteiger partial charge in [0, 0.05) is 7.05 Å². The van der Waals surface area contributed by atoms with E-state index >= 15 is 0 Å². The summed E-state index contributed by atoms with van der Waals surface area (Å²) in [5, 5.41) is 4.40. The number of methoxy groups -OCH3 is 1. The molecular formula is C15H17BrN2O2. The third-order valence-corrected chi connectivity index (χ3v) is 4.15. The second-order valence-corrected chi connectivity index (χ2v) is 5.28. The SMILES string of the molecule is CCc1nn(C)c(CC(=O)c2ccccc2OC)c1Br. The molecule has 0 amide bonds. The predicted octanol–water partition coefficient (Wildman–Crippen LogP) is 3.18. The van der Waals surface area contributed by atoms with Crippen LogP contribution in [0, 0.1) is 0 Å². The molecule has 0 atom stereocenters. The summed E-state index contributed by atoms with van der Waals surface area (Å²) in [4.78, 5) is 12.5. The number of nitrogens with zero attached hydrogens (tertiary/aromatic N) is 2. The lowest BCUT2D eigenvalue weighted by Gasteiger charge is -2.07. The van der Waals surface area contributed by atoms with Crippen molar-refractivity contribution in [3.8, 4) is 5.75 Å². The number of hydrogen-bond donors (Lipinski definition) is 0. The number of halogens is 1. The molecule has 0 N–H and O–H groups in total. The molecule has 0 bridgehead atoms. The van der Waals surface area contributed by atoms with Gasteiger partial charge >= 0.3 is 0 Å². The molecule has 2 rings (SSSR count). The molecular weight excluding hydrogens is 320 g/mol. The number of Topliss-reactive ketones (excluding diaryl/α,β-unsaturated/α-hetero) is 1. The molecule has 0 aliphatic rings. The van der Waals surface area contributed by atoms with Crippen molar-refractivity contribution in [1.82, 2.24) is 9.78 Å². The Morgan fingerprint density at radius 1 is 1.40 bits per heavy atom. The third kappa shape index (κ3) is 2.77. The largest absolute Gasteiger partial charge is 0.496 e. The molecule has 4 nitrogen and oxygen atoms in total. The lowest BCUT2D eigenvalue weighted by atomic mass is 10.1. The molecule has 20 heavy (non-hydrogen) atoms. The van der Waals surface area contributed by atoms with Gasteiger partial charge in [0.1, 0.15) is 5.75 Å². The van der Waals surface area contributed by atoms with Crippen molar-refractivity contribution in [2.45, 2.75) is 19.8 Å². The number of carbonyl (C=O) groups excluding carboxylic acids is 1. The van der Waals surface area contributed by atoms with Crippen molar-refractivity contribution in [2.24, 2.45) is 7.05 Å². The van der Waals surface area contributed by atoms with Crippen LogP contribution in [0.3, 0.4) is 0 Å². The highest BCUT2D eigenvalue weighted by molar-refractivity contribution is 9.10. The van der Waals surface area contributed by atoms with Gasteiger partial charge in [-0.1, -0.05) is 19.1 Å². The number of aromatic nitrogens is 2. The maximum Gasteiger partial charge on any atom is 0.172 e. The third-order valence-electron chi connectivity index (χ3n) is 3.24. The maximum absolute atomic E-state index is 12.5. The van der Waals surface area contributed by atoms with Crippen LogP contribution < -0.4 is 4.74 Å². The molecule has 0 saturated carbocycles. The van der Waals surface area contributed by atoms with Crippen LogP contribution in [0.2, 0.25) is 0 Å². The highest BCUT2D eigenvalue weighted by Crippen LogP contribution is 2.25. The fraction of sp³-hybridized carbons (Fsp3) is 0.333. The molecule has 0 aliphatic carbocycles. The van der Waals surface area contributed by atoms with Crippen molar-refractivity contribution in [3.05, 3.63) is 45.7 Å². The number of benzene rings is 1. The van der Waals surface area contributed by atoms with E-state index in [4.69, 9.17) is 4.74 Å². The van der Waals surface area contributed by atoms with Gasteiger partial charge in [-0.25, -0.2) is 0 Å². The second kappa shape index (κ2) is 6.22. The normalized spacial score (nSPS) is 10.6. The monoisotopic (exact) mass is 336 g/mol. The van der Waals surface area contributed by atoms with E-state index in [9.17, 15) is 4.79 Å². The van der Waals surface area contributed by atoms with Gasteiger partial charge in [0.2, 0.25) is 0 Å². The van der Waals surface area contributed by atoms with Crippen molar-refractivity contribution >= 4 is 21.7 Å². The lowest BCUT2D eigenvalue weighted by molar-refractivity contribution is 0.0987. The minimum absolute atomic E-state index is 0.0220. The Morgan fingerprint density at radius 2 is 2.10 bits per heavy atom. The quantitative estimate of drug-likeness (QED) is 0.787. The zero-order valence-corrected chi connectivity index (χ0v) is 13.4. The Balaban J connectivity index is 2.30. The van der Waals surface area contributed by atoms with Gasteiger partial charge in [0.05, 0.1) is 35.0 Å². The van der Waals surface area contributed by atoms with E-state index in [1.54, 1.807) is 23.9 Å². The highest BCUT2D eigenvalue weighted by atomic mass is 79.9. The van der Waals surface area contributed by atoms with E-state index in [0.29, 0.717) is 17.7 Å². The van der Waals surface area contributed by atoms with Gasteiger partial charge in [0.15, 0.2) is 5.78 Å². The zero-order chi connectivity index (χ0) is 14.7. The molecule has 1 aromatic heterocycles. The number of hydrogen-bond acceptors (Lipinski definition) is 3. The first-order chi connectivity index (χ1) is 9.58. The second-order valence-electron chi connectivity index (χ2n) is 4.48. The molecule has 0 aliphatic heterocycles. The number of ether oxygens (including phenoxy) is 1. The Morgan fingerprint density at radius 3 is 2.70 bits per heavy atom. The van der Waals surface area contributed by atoms with Crippen LogP contribution in [-0.4, -0.2) is 22.7 Å². The van der Waals surface area contributed by atoms with E-state index in [1.807, 2.05) is 26.1 Å². The summed E-state index contributed by atoms with van der Waals surface area (Å²) in [6.07, 6.45) is 1.13. The van der Waals surface area contributed by atoms with Crippen molar-refractivity contribution in [1.29, 1.82) is 0 Å². The van der Waals surface area contributed by atoms with Crippen LogP contribution in [0.1, 0.15) is 28.7 Å². The molecule has 1 heterocycles. The van der Waals surface area contributed by atoms with Crippen LogP contribution in [0.15, 0.2) is 28.7 Å². The van der Waals surface area contributed by atoms with Crippen LogP contribution in [-0.2, 0) is 19.9 Å². The average Bonchev–Trinajstić information content (AvgIpc) is 2.74. The van der Waals surface area contributed by atoms with Crippen LogP contribution in [0.5, 0.6) is 5.75 Å². The standard InChI is InChI=1S/C15H17BrN2O2/c1-4-11-15(16)12(18(2)17-11)9-13(19)10-7-5-6-8-14(10)20-3/h5-8H,4,9H2,1-3H3. The smallest absolute Gasteiger partial charge is 0.172 e. The first-order valence-corrected chi connectivity index (χ1v) is 7.24. The molecule has 0 spiro atoms. The average molecular weight is 337 g/mol. The summed E-state index contributed by atoms with van der Waals surface area (Å²) in [6, 6.07) is 7.27. The number of para-hydroxylation sites is 1. The van der Waals surface area contributed by atoms with E-state index in [-0.39, 0.29) is 5.78 Å². The minimum Gasteiger partial charge on any atom is -0.496 e. The summed E-state index contributed by atoms with van der Waals surface area (Å²) in [5.74, 6) is 0.625. The number of aryl methyl sites for hydroxylation is 2. The zero-order valence-electron chi connectivity index (χ0n) is 11.8. The van der Waals surface area contributed by atoms with E-state index in [0.717, 1.165) is 22.3 Å². The summed E-state index contributed by atoms with van der Waals surface area (Å²) < 4.78 is 7.92. The van der Waals surface area contributed by atoms with Gasteiger partial charge in [-0.2, -0.15) is 5.10 Å². The number of rotatable bonds is 5. The van der Waals surface area contributed by atoms with E-state index in [2.05, 4.69) is 21.0 Å². The van der Waals surface area contributed by atoms with Crippen LogP contribution in [0.4, 0.5) is 0 Å². The first-order valence-electron chi connectivity index (χ1n) is 6.45. The van der Waals surface area contributed by atoms with E-state index < -0.39 is 0 Å². The van der Waals surface area contributed by atoms with Gasteiger partial charge in [0.25, 0.3) is 0 Å². The molecule has 2 aromatic rings. The predicted molar refractivity (Wildman–Crippen MR) is 81.3 cm³/mol. The molecule has 0 fully saturated rings.